The number of nitrogens with zero attached hydrogens (tertiary/aromatic N) is 2. The Labute approximate surface area is 108 Å². The maximum Gasteiger partial charge on any atom is 0.246 e. The smallest absolute Gasteiger partial charge is 0.246 e. The molecule has 6 nitrogen and oxygen atoms in total. The Morgan fingerprint density at radius 2 is 2.22 bits per heavy atom. The minimum absolute atomic E-state index is 0.00331. The third-order valence-corrected chi connectivity index (χ3v) is 4.80. The van der Waals surface area contributed by atoms with Crippen molar-refractivity contribution in [3.05, 3.63) is 6.20 Å². The summed E-state index contributed by atoms with van der Waals surface area (Å²) in [6.07, 6.45) is 3.23. The van der Waals surface area contributed by atoms with E-state index in [4.69, 9.17) is 5.73 Å². The zero-order chi connectivity index (χ0) is 13.6. The van der Waals surface area contributed by atoms with Crippen molar-refractivity contribution in [2.75, 3.05) is 5.73 Å². The lowest BCUT2D eigenvalue weighted by Gasteiger charge is -2.06. The summed E-state index contributed by atoms with van der Waals surface area (Å²) in [5, 5.41) is 4.01. The third kappa shape index (κ3) is 2.51. The highest BCUT2D eigenvalue weighted by atomic mass is 32.2. The van der Waals surface area contributed by atoms with Crippen LogP contribution in [-0.4, -0.2) is 24.2 Å². The molecule has 0 amide bonds. The first-order chi connectivity index (χ1) is 8.26. The van der Waals surface area contributed by atoms with Gasteiger partial charge in [0.25, 0.3) is 0 Å². The van der Waals surface area contributed by atoms with Gasteiger partial charge in [0.05, 0.1) is 0 Å². The fourth-order valence-electron chi connectivity index (χ4n) is 1.89. The summed E-state index contributed by atoms with van der Waals surface area (Å²) < 4.78 is 28.6. The number of nitrogens with two attached hydrogens (primary N) is 1. The monoisotopic (exact) mass is 272 g/mol. The zero-order valence-corrected chi connectivity index (χ0v) is 11.8. The molecule has 1 fully saturated rings. The molecule has 0 aromatic carbocycles. The molecule has 0 radical (unpaired) electrons. The molecule has 2 rings (SSSR count). The fourth-order valence-corrected chi connectivity index (χ4v) is 3.37. The van der Waals surface area contributed by atoms with E-state index in [0.717, 1.165) is 12.8 Å². The van der Waals surface area contributed by atoms with E-state index in [9.17, 15) is 8.42 Å². The molecule has 0 bridgehead atoms. The summed E-state index contributed by atoms with van der Waals surface area (Å²) in [5.74, 6) is 0.0643. The first-order valence-electron chi connectivity index (χ1n) is 6.11. The van der Waals surface area contributed by atoms with Crippen LogP contribution in [0.5, 0.6) is 0 Å². The molecule has 0 aliphatic heterocycles. The Bertz CT molecular complexity index is 547. The van der Waals surface area contributed by atoms with Gasteiger partial charge in [0.15, 0.2) is 5.82 Å². The molecule has 1 aromatic heterocycles. The molecule has 1 aromatic rings. The molecule has 1 saturated carbocycles. The average molecular weight is 272 g/mol. The van der Waals surface area contributed by atoms with Crippen molar-refractivity contribution < 1.29 is 8.42 Å². The molecule has 3 N–H and O–H groups in total. The highest BCUT2D eigenvalue weighted by Crippen LogP contribution is 2.45. The summed E-state index contributed by atoms with van der Waals surface area (Å²) in [5.41, 5.74) is 5.71. The van der Waals surface area contributed by atoms with Crippen molar-refractivity contribution in [1.82, 2.24) is 14.5 Å². The van der Waals surface area contributed by atoms with Crippen LogP contribution in [0.4, 0.5) is 5.82 Å². The predicted octanol–water partition coefficient (Wildman–Crippen LogP) is 0.952. The van der Waals surface area contributed by atoms with Gasteiger partial charge < -0.3 is 5.73 Å². The first kappa shape index (κ1) is 13.4. The van der Waals surface area contributed by atoms with Crippen LogP contribution in [0.2, 0.25) is 0 Å². The molecule has 0 spiro atoms. The lowest BCUT2D eigenvalue weighted by atomic mass is 10.2. The summed E-state index contributed by atoms with van der Waals surface area (Å²) in [6.45, 7) is 6.72. The second-order valence-corrected chi connectivity index (χ2v) is 7.19. The van der Waals surface area contributed by atoms with E-state index in [-0.39, 0.29) is 22.2 Å². The van der Waals surface area contributed by atoms with E-state index in [1.807, 2.05) is 20.8 Å². The zero-order valence-electron chi connectivity index (χ0n) is 11.0. The highest BCUT2D eigenvalue weighted by molar-refractivity contribution is 7.89. The molecule has 1 atom stereocenters. The fraction of sp³-hybridized carbons (Fsp3) is 0.727. The number of sulfonamides is 1. The van der Waals surface area contributed by atoms with E-state index >= 15 is 0 Å². The van der Waals surface area contributed by atoms with Crippen LogP contribution in [0.3, 0.4) is 0 Å². The van der Waals surface area contributed by atoms with E-state index in [2.05, 4.69) is 9.82 Å². The quantitative estimate of drug-likeness (QED) is 0.835. The van der Waals surface area contributed by atoms with Crippen LogP contribution in [0.15, 0.2) is 11.1 Å². The van der Waals surface area contributed by atoms with Crippen LogP contribution < -0.4 is 10.5 Å². The number of aromatic nitrogens is 2. The van der Waals surface area contributed by atoms with Crippen molar-refractivity contribution in [2.45, 2.75) is 51.1 Å². The van der Waals surface area contributed by atoms with Gasteiger partial charge in [-0.1, -0.05) is 20.8 Å². The Balaban J connectivity index is 2.19. The van der Waals surface area contributed by atoms with Crippen LogP contribution in [0.1, 0.15) is 33.6 Å². The van der Waals surface area contributed by atoms with Gasteiger partial charge in [-0.3, -0.25) is 4.68 Å². The second kappa shape index (κ2) is 4.24. The third-order valence-electron chi connectivity index (χ3n) is 3.31. The largest absolute Gasteiger partial charge is 0.381 e. The summed E-state index contributed by atoms with van der Waals surface area (Å²) >= 11 is 0. The van der Waals surface area contributed by atoms with Crippen LogP contribution in [0, 0.1) is 5.41 Å². The SMILES string of the molecule is CCCn1cc(S(=O)(=O)NC2CC2(C)C)c(N)n1. The number of nitrogen functional groups attached to an aromatic ring is 1. The topological polar surface area (TPSA) is 90.0 Å². The van der Waals surface area contributed by atoms with Crippen LogP contribution >= 0.6 is 0 Å². The molecule has 7 heteroatoms. The van der Waals surface area contributed by atoms with Gasteiger partial charge in [-0.25, -0.2) is 13.1 Å². The Kier molecular flexibility index (Phi) is 3.14. The van der Waals surface area contributed by atoms with E-state index < -0.39 is 10.0 Å². The normalized spacial score (nSPS) is 22.1. The number of aryl methyl sites for hydroxylation is 1. The van der Waals surface area contributed by atoms with Gasteiger partial charge in [-0.2, -0.15) is 5.10 Å². The lowest BCUT2D eigenvalue weighted by molar-refractivity contribution is 0.554. The van der Waals surface area contributed by atoms with Crippen LogP contribution in [-0.2, 0) is 16.6 Å². The number of hydrogen-bond donors (Lipinski definition) is 2. The molecule has 18 heavy (non-hydrogen) atoms. The van der Waals surface area contributed by atoms with E-state index in [1.165, 1.54) is 6.20 Å². The van der Waals surface area contributed by atoms with E-state index in [0.29, 0.717) is 6.54 Å². The molecule has 1 unspecified atom stereocenters. The molecule has 0 saturated heterocycles. The van der Waals surface area contributed by atoms with Crippen molar-refractivity contribution in [3.63, 3.8) is 0 Å². The number of nitrogens with one attached hydrogen (secondary N) is 1. The molecule has 1 aliphatic rings. The Morgan fingerprint density at radius 1 is 1.61 bits per heavy atom. The molecule has 1 heterocycles. The molecule has 1 aliphatic carbocycles. The minimum Gasteiger partial charge on any atom is -0.381 e. The Hall–Kier alpha value is -1.08. The van der Waals surface area contributed by atoms with Gasteiger partial charge in [-0.05, 0) is 18.3 Å². The maximum absolute atomic E-state index is 12.2. The van der Waals surface area contributed by atoms with Gasteiger partial charge in [-0.15, -0.1) is 0 Å². The molecule has 102 valence electrons. The lowest BCUT2D eigenvalue weighted by Crippen LogP contribution is -2.28. The van der Waals surface area contributed by atoms with Crippen molar-refractivity contribution in [2.24, 2.45) is 5.41 Å². The van der Waals surface area contributed by atoms with Gasteiger partial charge in [0, 0.05) is 18.8 Å². The number of rotatable bonds is 5. The van der Waals surface area contributed by atoms with Crippen molar-refractivity contribution in [3.8, 4) is 0 Å². The maximum atomic E-state index is 12.2. The van der Waals surface area contributed by atoms with Crippen molar-refractivity contribution >= 4 is 15.8 Å². The first-order valence-corrected chi connectivity index (χ1v) is 7.60. The van der Waals surface area contributed by atoms with Crippen molar-refractivity contribution in [1.29, 1.82) is 0 Å². The highest BCUT2D eigenvalue weighted by Gasteiger charge is 2.48. The van der Waals surface area contributed by atoms with Gasteiger partial charge >= 0.3 is 0 Å². The van der Waals surface area contributed by atoms with Gasteiger partial charge in [0.1, 0.15) is 4.90 Å². The second-order valence-electron chi connectivity index (χ2n) is 5.51. The minimum atomic E-state index is -3.55. The summed E-state index contributed by atoms with van der Waals surface area (Å²) in [6, 6.07) is -0.00331. The predicted molar refractivity (Wildman–Crippen MR) is 69.4 cm³/mol. The number of anilines is 1. The molecular formula is C11H20N4O2S. The summed E-state index contributed by atoms with van der Waals surface area (Å²) in [7, 11) is -3.55. The number of hydrogen-bond acceptors (Lipinski definition) is 4. The molecular weight excluding hydrogens is 252 g/mol. The average Bonchev–Trinajstić information content (AvgIpc) is 2.66. The van der Waals surface area contributed by atoms with Gasteiger partial charge in [0.2, 0.25) is 10.0 Å². The summed E-state index contributed by atoms with van der Waals surface area (Å²) in [4.78, 5) is 0.0821. The van der Waals surface area contributed by atoms with E-state index in [1.54, 1.807) is 4.68 Å². The Morgan fingerprint density at radius 3 is 2.72 bits per heavy atom. The standard InChI is InChI=1S/C11H20N4O2S/c1-4-5-15-7-8(10(12)13-15)18(16,17)14-9-6-11(9,2)3/h7,9,14H,4-6H2,1-3H3,(H2,12,13). The van der Waals surface area contributed by atoms with Crippen LogP contribution in [0.25, 0.3) is 0 Å².